The fourth-order valence-electron chi connectivity index (χ4n) is 2.69. The van der Waals surface area contributed by atoms with Gasteiger partial charge in [-0.1, -0.05) is 44.9 Å². The van der Waals surface area contributed by atoms with Crippen LogP contribution in [0.5, 0.6) is 0 Å². The minimum atomic E-state index is 0.715. The van der Waals surface area contributed by atoms with E-state index in [4.69, 9.17) is 0 Å². The number of hydrogen-bond acceptors (Lipinski definition) is 1. The summed E-state index contributed by atoms with van der Waals surface area (Å²) < 4.78 is 0. The molecule has 0 saturated carbocycles. The third kappa shape index (κ3) is 4.26. The van der Waals surface area contributed by atoms with Gasteiger partial charge in [0, 0.05) is 37.2 Å². The van der Waals surface area contributed by atoms with Crippen LogP contribution in [-0.2, 0) is 6.42 Å². The lowest BCUT2D eigenvalue weighted by Gasteiger charge is -2.16. The van der Waals surface area contributed by atoms with Crippen LogP contribution in [0.2, 0.25) is 0 Å². The summed E-state index contributed by atoms with van der Waals surface area (Å²) in [5.74, 6) is 1.61. The molecule has 120 valence electrons. The van der Waals surface area contributed by atoms with Crippen LogP contribution in [0.15, 0.2) is 35.5 Å². The average molecular weight is 300 g/mol. The molecule has 1 heterocycles. The van der Waals surface area contributed by atoms with E-state index in [1.807, 2.05) is 7.05 Å². The monoisotopic (exact) mass is 300 g/mol. The van der Waals surface area contributed by atoms with Crippen molar-refractivity contribution in [1.82, 2.24) is 15.6 Å². The second-order valence-corrected chi connectivity index (χ2v) is 5.67. The molecule has 4 heteroatoms. The lowest BCUT2D eigenvalue weighted by Crippen LogP contribution is -2.40. The second-order valence-electron chi connectivity index (χ2n) is 5.67. The molecule has 1 aromatic carbocycles. The number of nitrogens with zero attached hydrogens (tertiary/aromatic N) is 1. The SMILES string of the molecule is CCC(CC)CNC(=NC)NCCc1c[nH]c2ccccc12. The second kappa shape index (κ2) is 8.47. The van der Waals surface area contributed by atoms with Crippen LogP contribution in [-0.4, -0.2) is 31.1 Å². The molecule has 0 radical (unpaired) electrons. The zero-order valence-corrected chi connectivity index (χ0v) is 13.9. The summed E-state index contributed by atoms with van der Waals surface area (Å²) in [5, 5.41) is 8.13. The maximum Gasteiger partial charge on any atom is 0.190 e. The summed E-state index contributed by atoms with van der Waals surface area (Å²) in [6, 6.07) is 8.43. The minimum Gasteiger partial charge on any atom is -0.361 e. The van der Waals surface area contributed by atoms with Gasteiger partial charge in [0.05, 0.1) is 0 Å². The molecule has 0 aliphatic carbocycles. The molecular weight excluding hydrogens is 272 g/mol. The molecule has 0 bridgehead atoms. The Morgan fingerprint density at radius 3 is 2.68 bits per heavy atom. The first-order chi connectivity index (χ1) is 10.8. The number of hydrogen-bond donors (Lipinski definition) is 3. The summed E-state index contributed by atoms with van der Waals surface area (Å²) in [6.07, 6.45) is 5.49. The fraction of sp³-hybridized carbons (Fsp3) is 0.500. The molecule has 0 saturated heterocycles. The van der Waals surface area contributed by atoms with Crippen molar-refractivity contribution >= 4 is 16.9 Å². The lowest BCUT2D eigenvalue weighted by molar-refractivity contribution is 0.481. The minimum absolute atomic E-state index is 0.715. The van der Waals surface area contributed by atoms with Gasteiger partial charge in [-0.25, -0.2) is 0 Å². The standard InChI is InChI=1S/C18H28N4/c1-4-14(5-2)12-22-18(19-3)20-11-10-15-13-21-17-9-7-6-8-16(15)17/h6-9,13-14,21H,4-5,10-12H2,1-3H3,(H2,19,20,22). The Balaban J connectivity index is 1.81. The Morgan fingerprint density at radius 1 is 1.18 bits per heavy atom. The number of fused-ring (bicyclic) bond motifs is 1. The molecule has 0 aliphatic heterocycles. The maximum absolute atomic E-state index is 4.30. The van der Waals surface area contributed by atoms with Gasteiger partial charge in [-0.15, -0.1) is 0 Å². The van der Waals surface area contributed by atoms with E-state index in [0.717, 1.165) is 25.5 Å². The Morgan fingerprint density at radius 2 is 1.95 bits per heavy atom. The topological polar surface area (TPSA) is 52.2 Å². The van der Waals surface area contributed by atoms with E-state index < -0.39 is 0 Å². The first kappa shape index (κ1) is 16.4. The Labute approximate surface area is 133 Å². The van der Waals surface area contributed by atoms with E-state index >= 15 is 0 Å². The highest BCUT2D eigenvalue weighted by Crippen LogP contribution is 2.17. The summed E-state index contributed by atoms with van der Waals surface area (Å²) in [5.41, 5.74) is 2.55. The molecular formula is C18H28N4. The van der Waals surface area contributed by atoms with Crippen LogP contribution < -0.4 is 10.6 Å². The van der Waals surface area contributed by atoms with Crippen molar-refractivity contribution in [3.8, 4) is 0 Å². The molecule has 0 atom stereocenters. The van der Waals surface area contributed by atoms with Crippen LogP contribution in [0.3, 0.4) is 0 Å². The number of benzene rings is 1. The maximum atomic E-state index is 4.30. The van der Waals surface area contributed by atoms with Crippen LogP contribution in [0.25, 0.3) is 10.9 Å². The van der Waals surface area contributed by atoms with Gasteiger partial charge in [-0.3, -0.25) is 4.99 Å². The van der Waals surface area contributed by atoms with Crippen molar-refractivity contribution in [1.29, 1.82) is 0 Å². The summed E-state index contributed by atoms with van der Waals surface area (Å²) in [4.78, 5) is 7.62. The van der Waals surface area contributed by atoms with E-state index in [1.165, 1.54) is 29.3 Å². The highest BCUT2D eigenvalue weighted by molar-refractivity contribution is 5.83. The smallest absolute Gasteiger partial charge is 0.190 e. The molecule has 22 heavy (non-hydrogen) atoms. The zero-order chi connectivity index (χ0) is 15.8. The van der Waals surface area contributed by atoms with E-state index in [9.17, 15) is 0 Å². The molecule has 0 spiro atoms. The molecule has 4 nitrogen and oxygen atoms in total. The van der Waals surface area contributed by atoms with Crippen molar-refractivity contribution in [2.75, 3.05) is 20.1 Å². The van der Waals surface area contributed by atoms with Crippen LogP contribution >= 0.6 is 0 Å². The number of rotatable bonds is 7. The molecule has 2 rings (SSSR count). The molecule has 0 aliphatic rings. The van der Waals surface area contributed by atoms with Gasteiger partial charge in [-0.2, -0.15) is 0 Å². The number of guanidine groups is 1. The van der Waals surface area contributed by atoms with Gasteiger partial charge in [0.25, 0.3) is 0 Å². The fourth-order valence-corrected chi connectivity index (χ4v) is 2.69. The van der Waals surface area contributed by atoms with Crippen LogP contribution in [0.1, 0.15) is 32.3 Å². The van der Waals surface area contributed by atoms with E-state index in [-0.39, 0.29) is 0 Å². The normalized spacial score (nSPS) is 12.1. The zero-order valence-electron chi connectivity index (χ0n) is 13.9. The Bertz CT molecular complexity index is 596. The Kier molecular flexibility index (Phi) is 6.31. The van der Waals surface area contributed by atoms with Gasteiger partial charge in [-0.05, 0) is 24.0 Å². The quantitative estimate of drug-likeness (QED) is 0.543. The van der Waals surface area contributed by atoms with Crippen molar-refractivity contribution in [3.05, 3.63) is 36.0 Å². The molecule has 2 aromatic rings. The van der Waals surface area contributed by atoms with Gasteiger partial charge < -0.3 is 15.6 Å². The molecule has 0 amide bonds. The average Bonchev–Trinajstić information content (AvgIpc) is 2.97. The largest absolute Gasteiger partial charge is 0.361 e. The predicted octanol–water partition coefficient (Wildman–Crippen LogP) is 3.31. The Hall–Kier alpha value is -1.97. The highest BCUT2D eigenvalue weighted by Gasteiger charge is 2.06. The van der Waals surface area contributed by atoms with Gasteiger partial charge in [0.15, 0.2) is 5.96 Å². The van der Waals surface area contributed by atoms with Crippen LogP contribution in [0, 0.1) is 5.92 Å². The first-order valence-corrected chi connectivity index (χ1v) is 8.28. The third-order valence-corrected chi connectivity index (χ3v) is 4.30. The number of aliphatic imine (C=N–C) groups is 1. The predicted molar refractivity (Wildman–Crippen MR) is 95.4 cm³/mol. The van der Waals surface area contributed by atoms with Gasteiger partial charge in [0.2, 0.25) is 0 Å². The molecule has 3 N–H and O–H groups in total. The van der Waals surface area contributed by atoms with E-state index in [0.29, 0.717) is 5.92 Å². The van der Waals surface area contributed by atoms with Crippen molar-refractivity contribution < 1.29 is 0 Å². The first-order valence-electron chi connectivity index (χ1n) is 8.28. The molecule has 0 unspecified atom stereocenters. The van der Waals surface area contributed by atoms with Crippen LogP contribution in [0.4, 0.5) is 0 Å². The number of nitrogens with one attached hydrogen (secondary N) is 3. The lowest BCUT2D eigenvalue weighted by atomic mass is 10.0. The number of aromatic nitrogens is 1. The van der Waals surface area contributed by atoms with Crippen molar-refractivity contribution in [3.63, 3.8) is 0 Å². The van der Waals surface area contributed by atoms with E-state index in [2.05, 4.69) is 64.9 Å². The third-order valence-electron chi connectivity index (χ3n) is 4.30. The molecule has 0 fully saturated rings. The number of para-hydroxylation sites is 1. The molecule has 1 aromatic heterocycles. The van der Waals surface area contributed by atoms with E-state index in [1.54, 1.807) is 0 Å². The number of H-pyrrole nitrogens is 1. The summed E-state index contributed by atoms with van der Waals surface area (Å²) in [6.45, 7) is 6.34. The summed E-state index contributed by atoms with van der Waals surface area (Å²) >= 11 is 0. The number of aromatic amines is 1. The van der Waals surface area contributed by atoms with Gasteiger partial charge in [0.1, 0.15) is 0 Å². The highest BCUT2D eigenvalue weighted by atomic mass is 15.2. The summed E-state index contributed by atoms with van der Waals surface area (Å²) in [7, 11) is 1.83. The van der Waals surface area contributed by atoms with Crippen molar-refractivity contribution in [2.45, 2.75) is 33.1 Å². The van der Waals surface area contributed by atoms with Gasteiger partial charge >= 0.3 is 0 Å². The van der Waals surface area contributed by atoms with Crippen molar-refractivity contribution in [2.24, 2.45) is 10.9 Å².